The van der Waals surface area contributed by atoms with E-state index in [0.717, 1.165) is 11.3 Å². The first-order chi connectivity index (χ1) is 10.1. The number of ether oxygens (including phenoxy) is 1. The minimum absolute atomic E-state index is 0.186. The van der Waals surface area contributed by atoms with Crippen LogP contribution in [0, 0.1) is 6.92 Å². The highest BCUT2D eigenvalue weighted by atomic mass is 16.5. The second-order valence-corrected chi connectivity index (χ2v) is 4.65. The predicted octanol–water partition coefficient (Wildman–Crippen LogP) is 2.70. The average Bonchev–Trinajstić information content (AvgIpc) is 2.99. The van der Waals surface area contributed by atoms with Gasteiger partial charge in [-0.15, -0.1) is 0 Å². The van der Waals surface area contributed by atoms with E-state index in [1.807, 2.05) is 19.1 Å². The van der Waals surface area contributed by atoms with Gasteiger partial charge in [0.2, 0.25) is 0 Å². The summed E-state index contributed by atoms with van der Waals surface area (Å²) in [6.07, 6.45) is 2.20. The zero-order valence-electron chi connectivity index (χ0n) is 11.8. The van der Waals surface area contributed by atoms with E-state index in [9.17, 15) is 9.59 Å². The molecule has 110 valence electrons. The number of amides is 1. The summed E-state index contributed by atoms with van der Waals surface area (Å²) in [5.74, 6) is -0.0632. The molecule has 0 bridgehead atoms. The third kappa shape index (κ3) is 5.14. The molecular formula is C16H17NO4. The van der Waals surface area contributed by atoms with Gasteiger partial charge in [-0.1, -0.05) is 17.7 Å². The van der Waals surface area contributed by atoms with Crippen molar-refractivity contribution in [1.82, 2.24) is 0 Å². The molecule has 1 heterocycles. The number of nitrogens with one attached hydrogen (secondary N) is 1. The Balaban J connectivity index is 1.68. The monoisotopic (exact) mass is 287 g/mol. The smallest absolute Gasteiger partial charge is 0.306 e. The molecule has 1 aromatic heterocycles. The number of rotatable bonds is 6. The molecule has 0 radical (unpaired) electrons. The van der Waals surface area contributed by atoms with E-state index < -0.39 is 5.97 Å². The number of esters is 1. The van der Waals surface area contributed by atoms with Crippen LogP contribution in [0.25, 0.3) is 0 Å². The lowest BCUT2D eigenvalue weighted by molar-refractivity contribution is -0.147. The second-order valence-electron chi connectivity index (χ2n) is 4.65. The predicted molar refractivity (Wildman–Crippen MR) is 77.8 cm³/mol. The van der Waals surface area contributed by atoms with E-state index in [2.05, 4.69) is 5.32 Å². The molecule has 21 heavy (non-hydrogen) atoms. The molecule has 0 aliphatic heterocycles. The number of anilines is 1. The summed E-state index contributed by atoms with van der Waals surface area (Å²) in [5.41, 5.74) is 1.79. The Hall–Kier alpha value is -2.56. The van der Waals surface area contributed by atoms with Gasteiger partial charge in [-0.05, 0) is 31.2 Å². The van der Waals surface area contributed by atoms with Crippen LogP contribution < -0.4 is 5.32 Å². The van der Waals surface area contributed by atoms with Crippen molar-refractivity contribution in [3.63, 3.8) is 0 Å². The molecule has 5 nitrogen and oxygen atoms in total. The van der Waals surface area contributed by atoms with Crippen molar-refractivity contribution in [2.24, 2.45) is 0 Å². The van der Waals surface area contributed by atoms with Gasteiger partial charge in [0, 0.05) is 12.1 Å². The van der Waals surface area contributed by atoms with Crippen LogP contribution in [-0.2, 0) is 20.7 Å². The largest absolute Gasteiger partial charge is 0.469 e. The van der Waals surface area contributed by atoms with Crippen LogP contribution in [0.2, 0.25) is 0 Å². The summed E-state index contributed by atoms with van der Waals surface area (Å²) in [7, 11) is 0. The van der Waals surface area contributed by atoms with E-state index in [0.29, 0.717) is 12.1 Å². The van der Waals surface area contributed by atoms with Gasteiger partial charge in [0.05, 0.1) is 12.7 Å². The van der Waals surface area contributed by atoms with Crippen LogP contribution in [0.15, 0.2) is 47.1 Å². The zero-order valence-corrected chi connectivity index (χ0v) is 11.8. The molecule has 0 aliphatic carbocycles. The molecule has 0 atom stereocenters. The first-order valence-corrected chi connectivity index (χ1v) is 6.68. The van der Waals surface area contributed by atoms with Crippen molar-refractivity contribution >= 4 is 17.6 Å². The van der Waals surface area contributed by atoms with E-state index in [4.69, 9.17) is 9.15 Å². The molecule has 0 spiro atoms. The summed E-state index contributed by atoms with van der Waals surface area (Å²) in [4.78, 5) is 23.1. The van der Waals surface area contributed by atoms with Crippen molar-refractivity contribution in [3.05, 3.63) is 54.0 Å². The summed E-state index contributed by atoms with van der Waals surface area (Å²) in [5, 5.41) is 2.66. The first kappa shape index (κ1) is 14.8. The lowest BCUT2D eigenvalue weighted by atomic mass is 10.2. The molecule has 0 unspecified atom stereocenters. The van der Waals surface area contributed by atoms with Crippen LogP contribution in [0.5, 0.6) is 0 Å². The van der Waals surface area contributed by atoms with Gasteiger partial charge in [-0.2, -0.15) is 0 Å². The van der Waals surface area contributed by atoms with Gasteiger partial charge in [0.1, 0.15) is 5.76 Å². The van der Waals surface area contributed by atoms with Crippen LogP contribution in [0.4, 0.5) is 5.69 Å². The lowest BCUT2D eigenvalue weighted by Crippen LogP contribution is -2.21. The van der Waals surface area contributed by atoms with Gasteiger partial charge in [-0.3, -0.25) is 9.59 Å². The van der Waals surface area contributed by atoms with Crippen LogP contribution in [-0.4, -0.2) is 18.5 Å². The Labute approximate surface area is 122 Å². The highest BCUT2D eigenvalue weighted by molar-refractivity contribution is 5.92. The van der Waals surface area contributed by atoms with Crippen LogP contribution in [0.1, 0.15) is 17.7 Å². The molecule has 2 aromatic rings. The van der Waals surface area contributed by atoms with Gasteiger partial charge in [-0.25, -0.2) is 0 Å². The van der Waals surface area contributed by atoms with Crippen molar-refractivity contribution in [3.8, 4) is 0 Å². The minimum Gasteiger partial charge on any atom is -0.469 e. The van der Waals surface area contributed by atoms with E-state index in [1.165, 1.54) is 0 Å². The fraction of sp³-hybridized carbons (Fsp3) is 0.250. The summed E-state index contributed by atoms with van der Waals surface area (Å²) < 4.78 is 10.0. The molecule has 0 saturated heterocycles. The summed E-state index contributed by atoms with van der Waals surface area (Å²) in [6, 6.07) is 10.9. The fourth-order valence-electron chi connectivity index (χ4n) is 1.73. The quantitative estimate of drug-likeness (QED) is 0.829. The van der Waals surface area contributed by atoms with Gasteiger partial charge >= 0.3 is 5.97 Å². The SMILES string of the molecule is Cc1ccc(NC(=O)COC(=O)CCc2ccco2)cc1. The van der Waals surface area contributed by atoms with Crippen molar-refractivity contribution < 1.29 is 18.7 Å². The Bertz CT molecular complexity index is 587. The Kier molecular flexibility index (Phi) is 5.15. The zero-order chi connectivity index (χ0) is 15.1. The molecular weight excluding hydrogens is 270 g/mol. The maximum atomic E-state index is 11.6. The second kappa shape index (κ2) is 7.28. The maximum absolute atomic E-state index is 11.6. The van der Waals surface area contributed by atoms with Gasteiger partial charge in [0.25, 0.3) is 5.91 Å². The van der Waals surface area contributed by atoms with E-state index in [1.54, 1.807) is 30.5 Å². The average molecular weight is 287 g/mol. The van der Waals surface area contributed by atoms with Crippen molar-refractivity contribution in [1.29, 1.82) is 0 Å². The third-order valence-corrected chi connectivity index (χ3v) is 2.86. The summed E-state index contributed by atoms with van der Waals surface area (Å²) >= 11 is 0. The van der Waals surface area contributed by atoms with E-state index >= 15 is 0 Å². The Morgan fingerprint density at radius 1 is 1.19 bits per heavy atom. The Morgan fingerprint density at radius 3 is 2.62 bits per heavy atom. The number of aryl methyl sites for hydroxylation is 2. The number of hydrogen-bond acceptors (Lipinski definition) is 4. The highest BCUT2D eigenvalue weighted by Gasteiger charge is 2.09. The fourth-order valence-corrected chi connectivity index (χ4v) is 1.73. The third-order valence-electron chi connectivity index (χ3n) is 2.86. The van der Waals surface area contributed by atoms with Crippen molar-refractivity contribution in [2.45, 2.75) is 19.8 Å². The van der Waals surface area contributed by atoms with Gasteiger partial charge < -0.3 is 14.5 Å². The molecule has 0 saturated carbocycles. The van der Waals surface area contributed by atoms with Crippen LogP contribution >= 0.6 is 0 Å². The number of carbonyl (C=O) groups excluding carboxylic acids is 2. The topological polar surface area (TPSA) is 68.5 Å². The molecule has 2 rings (SSSR count). The normalized spacial score (nSPS) is 10.1. The van der Waals surface area contributed by atoms with Crippen LogP contribution in [0.3, 0.4) is 0 Å². The molecule has 1 N–H and O–H groups in total. The standard InChI is InChI=1S/C16H17NO4/c1-12-4-6-13(7-5-12)17-15(18)11-21-16(19)9-8-14-3-2-10-20-14/h2-7,10H,8-9,11H2,1H3,(H,17,18). The maximum Gasteiger partial charge on any atom is 0.306 e. The molecule has 1 amide bonds. The number of carbonyl (C=O) groups is 2. The first-order valence-electron chi connectivity index (χ1n) is 6.68. The molecule has 5 heteroatoms. The molecule has 1 aromatic carbocycles. The lowest BCUT2D eigenvalue weighted by Gasteiger charge is -2.06. The highest BCUT2D eigenvalue weighted by Crippen LogP contribution is 2.08. The minimum atomic E-state index is -0.426. The van der Waals surface area contributed by atoms with Crippen molar-refractivity contribution in [2.75, 3.05) is 11.9 Å². The van der Waals surface area contributed by atoms with E-state index in [-0.39, 0.29) is 18.9 Å². The Morgan fingerprint density at radius 2 is 1.95 bits per heavy atom. The number of furan rings is 1. The number of hydrogen-bond donors (Lipinski definition) is 1. The summed E-state index contributed by atoms with van der Waals surface area (Å²) in [6.45, 7) is 1.68. The molecule has 0 fully saturated rings. The molecule has 0 aliphatic rings. The van der Waals surface area contributed by atoms with Gasteiger partial charge in [0.15, 0.2) is 6.61 Å². The number of benzene rings is 1.